The molecule has 8 heterocycles. The van der Waals surface area contributed by atoms with E-state index in [4.69, 9.17) is 24.4 Å². The van der Waals surface area contributed by atoms with E-state index >= 15 is 4.39 Å². The smallest absolute Gasteiger partial charge is 0.343 e. The number of hydrogen-bond donors (Lipinski definition) is 2. The van der Waals surface area contributed by atoms with Crippen LogP contribution in [0.5, 0.6) is 6.01 Å². The first kappa shape index (κ1) is 47.0. The molecule has 0 spiro atoms. The van der Waals surface area contributed by atoms with Crippen LogP contribution in [0.1, 0.15) is 95.3 Å². The molecule has 6 aliphatic rings. The third-order valence-corrected chi connectivity index (χ3v) is 16.8. The number of hydrogen-bond acceptors (Lipinski definition) is 14. The van der Waals surface area contributed by atoms with Crippen LogP contribution in [0.2, 0.25) is 0 Å². The summed E-state index contributed by atoms with van der Waals surface area (Å²) >= 11 is 0. The number of carbonyl (C=O) groups excluding carboxylic acids is 2. The lowest BCUT2D eigenvalue weighted by molar-refractivity contribution is -0.172. The van der Waals surface area contributed by atoms with Gasteiger partial charge in [-0.2, -0.15) is 15.2 Å². The second kappa shape index (κ2) is 18.2. The van der Waals surface area contributed by atoms with Crippen molar-refractivity contribution in [2.45, 2.75) is 109 Å². The number of fused-ring (bicyclic) bond motifs is 7. The molecule has 2 fully saturated rings. The SMILES string of the molecule is CC[C@@]1(O)C(=O)OCc2c1cc1n(c2=O)Cc2c-1nc1cc(F)c(C)c3c1c2[C@@H](NCC(=O)N1CCN(c2nc(OC[C@@H]4CCCN4C)nc4c2CCN(c2cccc5cccc(C)c25)C4)C[C@@H]1CC#N)CC3. The van der Waals surface area contributed by atoms with Gasteiger partial charge in [-0.3, -0.25) is 9.59 Å². The molecular formula is C56H59FN10O6. The molecule has 16 nitrogen and oxygen atoms in total. The Morgan fingerprint density at radius 1 is 0.959 bits per heavy atom. The van der Waals surface area contributed by atoms with Crippen molar-refractivity contribution in [3.63, 3.8) is 0 Å². The number of piperazine rings is 1. The van der Waals surface area contributed by atoms with Crippen LogP contribution in [0.15, 0.2) is 53.3 Å². The van der Waals surface area contributed by atoms with Gasteiger partial charge in [-0.1, -0.05) is 37.3 Å². The summed E-state index contributed by atoms with van der Waals surface area (Å²) in [7, 11) is 2.13. The second-order valence-electron chi connectivity index (χ2n) is 20.8. The predicted molar refractivity (Wildman–Crippen MR) is 273 cm³/mol. The number of cyclic esters (lactones) is 1. The van der Waals surface area contributed by atoms with E-state index in [0.717, 1.165) is 65.1 Å². The topological polar surface area (TPSA) is 182 Å². The number of nitriles is 1. The summed E-state index contributed by atoms with van der Waals surface area (Å²) in [6.45, 7) is 9.61. The van der Waals surface area contributed by atoms with E-state index in [2.05, 4.69) is 76.5 Å². The number of aliphatic hydroxyl groups is 1. The van der Waals surface area contributed by atoms with E-state index in [9.17, 15) is 24.8 Å². The lowest BCUT2D eigenvalue weighted by atomic mass is 9.81. The zero-order chi connectivity index (χ0) is 50.4. The van der Waals surface area contributed by atoms with Crippen LogP contribution in [-0.4, -0.2) is 111 Å². The Balaban J connectivity index is 0.826. The Hall–Kier alpha value is -7.00. The van der Waals surface area contributed by atoms with Gasteiger partial charge < -0.3 is 44.1 Å². The lowest BCUT2D eigenvalue weighted by Gasteiger charge is -2.42. The minimum atomic E-state index is -2.00. The van der Waals surface area contributed by atoms with Gasteiger partial charge in [0.15, 0.2) is 5.60 Å². The average Bonchev–Trinajstić information content (AvgIpc) is 4.00. The maximum atomic E-state index is 15.6. The maximum Gasteiger partial charge on any atom is 0.343 e. The fraction of sp³-hybridized carbons (Fsp3) is 0.446. The number of aromatic nitrogens is 4. The predicted octanol–water partition coefficient (Wildman–Crippen LogP) is 6.02. The molecule has 1 aliphatic carbocycles. The minimum Gasteiger partial charge on any atom is -0.462 e. The van der Waals surface area contributed by atoms with E-state index in [-0.39, 0.29) is 73.0 Å². The number of pyridine rings is 2. The van der Waals surface area contributed by atoms with Crippen molar-refractivity contribution < 1.29 is 28.6 Å². The number of nitrogens with one attached hydrogen (secondary N) is 1. The van der Waals surface area contributed by atoms with Crippen LogP contribution in [0, 0.1) is 31.0 Å². The highest BCUT2D eigenvalue weighted by Gasteiger charge is 2.46. The molecule has 0 bridgehead atoms. The van der Waals surface area contributed by atoms with Crippen LogP contribution in [-0.2, 0) is 52.5 Å². The third kappa shape index (κ3) is 7.70. The number of ether oxygens (including phenoxy) is 2. The van der Waals surface area contributed by atoms with Gasteiger partial charge in [-0.25, -0.2) is 14.2 Å². The normalized spacial score (nSPS) is 22.2. The number of aryl methyl sites for hydroxylation is 2. The van der Waals surface area contributed by atoms with Gasteiger partial charge in [0.1, 0.15) is 24.8 Å². The van der Waals surface area contributed by atoms with Crippen molar-refractivity contribution in [2.24, 2.45) is 0 Å². The van der Waals surface area contributed by atoms with Gasteiger partial charge in [0.05, 0.1) is 66.3 Å². The molecular weight excluding hydrogens is 928 g/mol. The second-order valence-corrected chi connectivity index (χ2v) is 20.8. The van der Waals surface area contributed by atoms with Crippen molar-refractivity contribution in [3.05, 3.63) is 115 Å². The summed E-state index contributed by atoms with van der Waals surface area (Å²) in [5, 5.41) is 28.6. The number of likely N-dealkylation sites (N-methyl/N-ethyl adjacent to an activating group) is 1. The number of esters is 1. The number of nitrogens with zero attached hydrogens (tertiary/aromatic N) is 9. The molecule has 6 aromatic rings. The molecule has 0 saturated carbocycles. The Bertz CT molecular complexity index is 3400. The molecule has 5 aliphatic heterocycles. The van der Waals surface area contributed by atoms with Crippen LogP contribution >= 0.6 is 0 Å². The summed E-state index contributed by atoms with van der Waals surface area (Å²) in [6, 6.07) is 18.2. The van der Waals surface area contributed by atoms with Gasteiger partial charge in [0.25, 0.3) is 5.56 Å². The Morgan fingerprint density at radius 2 is 1.79 bits per heavy atom. The molecule has 12 rings (SSSR count). The summed E-state index contributed by atoms with van der Waals surface area (Å²) < 4.78 is 29.0. The maximum absolute atomic E-state index is 15.6. The standard InChI is InChI=1S/C56H59FN10O6/c1-5-56(71)40-23-46-51-38(27-67(46)53(69)39(40)30-72-54(56)70)50-42(15-14-36-32(3)41(57)24-43(60-51)49(36)50)59-25-47(68)66-22-21-65(26-34(66)16-18-58)52-37-17-20-64(45-13-7-11-33-10-6-9-31(2)48(33)45)28-44(37)61-55(62-52)73-29-35-12-8-19-63(35)4/h6-7,9-11,13,23-24,34-35,42,59,71H,5,8,12,14-17,19-22,25-30H2,1-4H3/t34-,35-,42-,56-/m0/s1. The largest absolute Gasteiger partial charge is 0.462 e. The van der Waals surface area contributed by atoms with Crippen molar-refractivity contribution in [1.29, 1.82) is 5.26 Å². The molecule has 376 valence electrons. The summed E-state index contributed by atoms with van der Waals surface area (Å²) in [5.41, 5.74) is 6.75. The number of carbonyl (C=O) groups is 2. The number of halogens is 1. The Morgan fingerprint density at radius 3 is 2.59 bits per heavy atom. The minimum absolute atomic E-state index is 0.00589. The molecule has 0 radical (unpaired) electrons. The van der Waals surface area contributed by atoms with E-state index < -0.39 is 17.6 Å². The monoisotopic (exact) mass is 986 g/mol. The Labute approximate surface area is 422 Å². The molecule has 3 aromatic heterocycles. The van der Waals surface area contributed by atoms with E-state index in [1.54, 1.807) is 24.5 Å². The van der Waals surface area contributed by atoms with Crippen molar-refractivity contribution in [2.75, 3.05) is 62.7 Å². The van der Waals surface area contributed by atoms with Crippen LogP contribution in [0.25, 0.3) is 33.1 Å². The first-order valence-corrected chi connectivity index (χ1v) is 25.8. The highest BCUT2D eigenvalue weighted by molar-refractivity contribution is 5.97. The van der Waals surface area contributed by atoms with Crippen LogP contribution in [0.3, 0.4) is 0 Å². The van der Waals surface area contributed by atoms with Gasteiger partial charge in [0, 0.05) is 77.5 Å². The summed E-state index contributed by atoms with van der Waals surface area (Å²) in [5.74, 6) is -0.538. The van der Waals surface area contributed by atoms with Crippen molar-refractivity contribution >= 4 is 45.1 Å². The molecule has 0 unspecified atom stereocenters. The first-order chi connectivity index (χ1) is 35.3. The van der Waals surface area contributed by atoms with Crippen molar-refractivity contribution in [1.82, 2.24) is 34.6 Å². The van der Waals surface area contributed by atoms with Crippen molar-refractivity contribution in [3.8, 4) is 23.5 Å². The fourth-order valence-electron chi connectivity index (χ4n) is 12.8. The number of anilines is 2. The van der Waals surface area contributed by atoms with E-state index in [1.807, 2.05) is 4.90 Å². The molecule has 1 amide bonds. The lowest BCUT2D eigenvalue weighted by Crippen LogP contribution is -2.57. The fourth-order valence-corrected chi connectivity index (χ4v) is 12.8. The summed E-state index contributed by atoms with van der Waals surface area (Å²) in [4.78, 5) is 65.6. The summed E-state index contributed by atoms with van der Waals surface area (Å²) in [6.07, 6.45) is 4.12. The molecule has 2 N–H and O–H groups in total. The number of amides is 1. The number of benzene rings is 3. The van der Waals surface area contributed by atoms with E-state index in [0.29, 0.717) is 80.5 Å². The molecule has 3 aromatic carbocycles. The molecule has 2 saturated heterocycles. The molecule has 17 heteroatoms. The van der Waals surface area contributed by atoms with Gasteiger partial charge in [-0.05, 0) is 106 Å². The zero-order valence-corrected chi connectivity index (χ0v) is 41.8. The van der Waals surface area contributed by atoms with Gasteiger partial charge in [-0.15, -0.1) is 0 Å². The van der Waals surface area contributed by atoms with Gasteiger partial charge in [0.2, 0.25) is 5.91 Å². The van der Waals surface area contributed by atoms with Gasteiger partial charge >= 0.3 is 12.0 Å². The third-order valence-electron chi connectivity index (χ3n) is 16.8. The highest BCUT2D eigenvalue weighted by Crippen LogP contribution is 2.46. The quantitative estimate of drug-likeness (QED) is 0.152. The Kier molecular flexibility index (Phi) is 11.7. The van der Waals surface area contributed by atoms with Crippen LogP contribution in [0.4, 0.5) is 15.9 Å². The zero-order valence-electron chi connectivity index (χ0n) is 41.8. The molecule has 4 atom stereocenters. The molecule has 73 heavy (non-hydrogen) atoms. The average molecular weight is 987 g/mol. The first-order valence-electron chi connectivity index (χ1n) is 25.8. The van der Waals surface area contributed by atoms with Crippen LogP contribution < -0.4 is 25.4 Å². The highest BCUT2D eigenvalue weighted by atomic mass is 19.1. The van der Waals surface area contributed by atoms with E-state index in [1.165, 1.54) is 28.1 Å². The number of likely N-dealkylation sites (tertiary alicyclic amines) is 1. The number of rotatable bonds is 10.